The van der Waals surface area contributed by atoms with Gasteiger partial charge in [-0.25, -0.2) is 13.2 Å². The minimum absolute atomic E-state index is 0.339. The van der Waals surface area contributed by atoms with Crippen molar-refractivity contribution in [3.05, 3.63) is 35.4 Å². The summed E-state index contributed by atoms with van der Waals surface area (Å²) >= 11 is 0. The first-order chi connectivity index (χ1) is 11.5. The van der Waals surface area contributed by atoms with Crippen molar-refractivity contribution in [3.8, 4) is 0 Å². The van der Waals surface area contributed by atoms with E-state index in [1.807, 2.05) is 12.1 Å². The molecular formula is C17H22N2O5S. The summed E-state index contributed by atoms with van der Waals surface area (Å²) < 4.78 is 23.4. The molecule has 2 fully saturated rings. The molecule has 0 aromatic heterocycles. The van der Waals surface area contributed by atoms with Crippen LogP contribution in [0.3, 0.4) is 0 Å². The number of carbonyl (C=O) groups is 2. The Hall–Kier alpha value is -1.93. The molecule has 3 amide bonds. The van der Waals surface area contributed by atoms with Crippen LogP contribution >= 0.6 is 0 Å². The topological polar surface area (TPSA) is 104 Å². The summed E-state index contributed by atoms with van der Waals surface area (Å²) in [4.78, 5) is 26.2. The quantitative estimate of drug-likeness (QED) is 0.768. The van der Waals surface area contributed by atoms with Gasteiger partial charge in [-0.2, -0.15) is 0 Å². The molecule has 2 aliphatic heterocycles. The van der Waals surface area contributed by atoms with Gasteiger partial charge in [0.2, 0.25) is 0 Å². The molecule has 0 radical (unpaired) electrons. The van der Waals surface area contributed by atoms with E-state index in [9.17, 15) is 23.1 Å². The molecule has 0 spiro atoms. The lowest BCUT2D eigenvalue weighted by molar-refractivity contribution is -0.133. The molecular weight excluding hydrogens is 344 g/mol. The smallest absolute Gasteiger partial charge is 0.325 e. The number of nitrogens with one attached hydrogen (secondary N) is 1. The highest BCUT2D eigenvalue weighted by Gasteiger charge is 2.55. The number of hydrogen-bond donors (Lipinski definition) is 2. The van der Waals surface area contributed by atoms with Crippen molar-refractivity contribution in [2.45, 2.75) is 44.4 Å². The highest BCUT2D eigenvalue weighted by Crippen LogP contribution is 2.33. The first-order valence-corrected chi connectivity index (χ1v) is 10.0. The second-order valence-corrected chi connectivity index (χ2v) is 9.37. The summed E-state index contributed by atoms with van der Waals surface area (Å²) in [6, 6.07) is 5.66. The van der Waals surface area contributed by atoms with E-state index >= 15 is 0 Å². The van der Waals surface area contributed by atoms with E-state index in [1.54, 1.807) is 19.1 Å². The summed E-state index contributed by atoms with van der Waals surface area (Å²) in [6.07, 6.45) is -1.26. The Morgan fingerprint density at radius 1 is 1.20 bits per heavy atom. The molecule has 0 aliphatic carbocycles. The van der Waals surface area contributed by atoms with Gasteiger partial charge >= 0.3 is 6.03 Å². The van der Waals surface area contributed by atoms with E-state index in [0.717, 1.165) is 10.5 Å². The first kappa shape index (κ1) is 17.9. The van der Waals surface area contributed by atoms with Crippen LogP contribution in [-0.2, 0) is 20.2 Å². The number of aliphatic hydroxyl groups is 1. The predicted molar refractivity (Wildman–Crippen MR) is 91.7 cm³/mol. The molecule has 2 aliphatic rings. The van der Waals surface area contributed by atoms with Crippen molar-refractivity contribution in [3.63, 3.8) is 0 Å². The normalized spacial score (nSPS) is 31.6. The summed E-state index contributed by atoms with van der Waals surface area (Å²) in [6.45, 7) is 5.71. The fourth-order valence-corrected chi connectivity index (χ4v) is 5.19. The van der Waals surface area contributed by atoms with Crippen LogP contribution in [0.15, 0.2) is 24.3 Å². The molecule has 3 rings (SSSR count). The van der Waals surface area contributed by atoms with Gasteiger partial charge in [0.05, 0.1) is 23.7 Å². The summed E-state index contributed by atoms with van der Waals surface area (Å²) in [5, 5.41) is 12.7. The van der Waals surface area contributed by atoms with Crippen LogP contribution in [0.4, 0.5) is 4.79 Å². The summed E-state index contributed by atoms with van der Waals surface area (Å²) in [7, 11) is -3.47. The lowest BCUT2D eigenvalue weighted by Crippen LogP contribution is -2.48. The molecule has 7 nitrogen and oxygen atoms in total. The van der Waals surface area contributed by atoms with Gasteiger partial charge in [0.15, 0.2) is 9.84 Å². The van der Waals surface area contributed by atoms with E-state index < -0.39 is 51.0 Å². The van der Waals surface area contributed by atoms with Crippen molar-refractivity contribution in [2.24, 2.45) is 0 Å². The number of aliphatic hydroxyl groups excluding tert-OH is 1. The van der Waals surface area contributed by atoms with Crippen LogP contribution in [-0.4, -0.2) is 54.0 Å². The zero-order valence-corrected chi connectivity index (χ0v) is 15.2. The Labute approximate surface area is 146 Å². The number of imide groups is 1. The Kier molecular flexibility index (Phi) is 4.15. The monoisotopic (exact) mass is 366 g/mol. The van der Waals surface area contributed by atoms with Crippen LogP contribution < -0.4 is 5.32 Å². The van der Waals surface area contributed by atoms with Gasteiger partial charge < -0.3 is 10.4 Å². The van der Waals surface area contributed by atoms with Gasteiger partial charge in [-0.3, -0.25) is 9.69 Å². The Bertz CT molecular complexity index is 818. The molecule has 25 heavy (non-hydrogen) atoms. The van der Waals surface area contributed by atoms with Crippen LogP contribution in [0.5, 0.6) is 0 Å². The fraction of sp³-hybridized carbons (Fsp3) is 0.529. The minimum Gasteiger partial charge on any atom is -0.390 e. The number of carbonyl (C=O) groups excluding carboxylic acids is 2. The third-order valence-corrected chi connectivity index (χ3v) is 6.70. The molecule has 0 bridgehead atoms. The number of benzene rings is 1. The third kappa shape index (κ3) is 2.93. The number of hydrogen-bond acceptors (Lipinski definition) is 5. The average molecular weight is 366 g/mol. The maximum atomic E-state index is 12.9. The lowest BCUT2D eigenvalue weighted by atomic mass is 9.89. The Morgan fingerprint density at radius 2 is 1.80 bits per heavy atom. The number of nitrogens with zero attached hydrogens (tertiary/aromatic N) is 1. The average Bonchev–Trinajstić information content (AvgIpc) is 2.92. The molecule has 136 valence electrons. The second kappa shape index (κ2) is 5.81. The summed E-state index contributed by atoms with van der Waals surface area (Å²) in [5.74, 6) is -1.05. The maximum absolute atomic E-state index is 12.9. The third-order valence-electron chi connectivity index (χ3n) is 5.00. The van der Waals surface area contributed by atoms with Crippen molar-refractivity contribution >= 4 is 21.8 Å². The highest BCUT2D eigenvalue weighted by atomic mass is 32.2. The second-order valence-electron chi connectivity index (χ2n) is 7.22. The van der Waals surface area contributed by atoms with Crippen molar-refractivity contribution in [1.29, 1.82) is 0 Å². The van der Waals surface area contributed by atoms with E-state index in [-0.39, 0.29) is 0 Å². The van der Waals surface area contributed by atoms with E-state index in [0.29, 0.717) is 11.5 Å². The van der Waals surface area contributed by atoms with Crippen molar-refractivity contribution in [1.82, 2.24) is 10.2 Å². The molecule has 2 heterocycles. The van der Waals surface area contributed by atoms with E-state index in [1.165, 1.54) is 0 Å². The van der Waals surface area contributed by atoms with Crippen molar-refractivity contribution in [2.75, 3.05) is 11.5 Å². The molecule has 3 atom stereocenters. The van der Waals surface area contributed by atoms with E-state index in [2.05, 4.69) is 19.2 Å². The minimum atomic E-state index is -3.47. The van der Waals surface area contributed by atoms with Gasteiger partial charge in [0, 0.05) is 0 Å². The number of sulfone groups is 1. The van der Waals surface area contributed by atoms with Crippen molar-refractivity contribution < 1.29 is 23.1 Å². The van der Waals surface area contributed by atoms with Gasteiger partial charge in [-0.1, -0.05) is 38.1 Å². The first-order valence-electron chi connectivity index (χ1n) is 8.20. The molecule has 1 aromatic carbocycles. The fourth-order valence-electron chi connectivity index (χ4n) is 3.42. The zero-order valence-electron chi connectivity index (χ0n) is 14.4. The lowest BCUT2D eigenvalue weighted by Gasteiger charge is -2.26. The SMILES string of the molecule is CC(C)c1ccc([C@@]2(C)NC(=O)N([C@@H]3CS(=O)(=O)C[C@@H]3O)C2=O)cc1. The van der Waals surface area contributed by atoms with Gasteiger partial charge in [0.25, 0.3) is 5.91 Å². The Balaban J connectivity index is 1.92. The Morgan fingerprint density at radius 3 is 2.28 bits per heavy atom. The molecule has 0 saturated carbocycles. The number of rotatable bonds is 3. The zero-order chi connectivity index (χ0) is 18.6. The van der Waals surface area contributed by atoms with Crippen LogP contribution in [0.2, 0.25) is 0 Å². The van der Waals surface area contributed by atoms with Crippen LogP contribution in [0, 0.1) is 0 Å². The van der Waals surface area contributed by atoms with Gasteiger partial charge in [-0.05, 0) is 24.0 Å². The van der Waals surface area contributed by atoms with Gasteiger partial charge in [-0.15, -0.1) is 0 Å². The van der Waals surface area contributed by atoms with Gasteiger partial charge in [0.1, 0.15) is 5.54 Å². The molecule has 0 unspecified atom stereocenters. The number of urea groups is 1. The largest absolute Gasteiger partial charge is 0.390 e. The molecule has 2 N–H and O–H groups in total. The number of amides is 3. The van der Waals surface area contributed by atoms with Crippen LogP contribution in [0.25, 0.3) is 0 Å². The molecule has 8 heteroatoms. The predicted octanol–water partition coefficient (Wildman–Crippen LogP) is 0.735. The standard InChI is InChI=1S/C17H22N2O5S/c1-10(2)11-4-6-12(7-5-11)17(3)15(21)19(16(22)18-17)13-8-25(23,24)9-14(13)20/h4-7,10,13-14,20H,8-9H2,1-3H3,(H,18,22)/t13-,14+,17-/m1/s1. The highest BCUT2D eigenvalue weighted by molar-refractivity contribution is 7.91. The molecule has 1 aromatic rings. The van der Waals surface area contributed by atoms with Crippen LogP contribution in [0.1, 0.15) is 37.8 Å². The maximum Gasteiger partial charge on any atom is 0.325 e. The van der Waals surface area contributed by atoms with E-state index in [4.69, 9.17) is 0 Å². The molecule has 2 saturated heterocycles. The summed E-state index contributed by atoms with van der Waals surface area (Å²) in [5.41, 5.74) is 0.449.